The van der Waals surface area contributed by atoms with Crippen molar-refractivity contribution < 1.29 is 4.90 Å². The van der Waals surface area contributed by atoms with Gasteiger partial charge in [-0.2, -0.15) is 0 Å². The summed E-state index contributed by atoms with van der Waals surface area (Å²) in [6.07, 6.45) is 0. The Labute approximate surface area is 140 Å². The van der Waals surface area contributed by atoms with Crippen molar-refractivity contribution >= 4 is 17.3 Å². The van der Waals surface area contributed by atoms with Gasteiger partial charge < -0.3 is 15.1 Å². The molecule has 0 aliphatic carbocycles. The molecule has 0 atom stereocenters. The highest BCUT2D eigenvalue weighted by atomic mass is 32.1. The highest BCUT2D eigenvalue weighted by Crippen LogP contribution is 2.14. The first kappa shape index (κ1) is 17.2. The number of rotatable bonds is 4. The summed E-state index contributed by atoms with van der Waals surface area (Å²) >= 11 is 5.46. The molecule has 1 aromatic rings. The third kappa shape index (κ3) is 4.96. The van der Waals surface area contributed by atoms with Gasteiger partial charge in [0, 0.05) is 11.6 Å². The molecule has 1 aliphatic rings. The van der Waals surface area contributed by atoms with Gasteiger partial charge in [0.05, 0.1) is 26.2 Å². The number of hydrogen-bond donors (Lipinski definition) is 2. The Balaban J connectivity index is 1.81. The molecule has 0 aromatic heterocycles. The lowest BCUT2D eigenvalue weighted by atomic mass is 10.0. The average molecular weight is 321 g/mol. The van der Waals surface area contributed by atoms with Crippen molar-refractivity contribution in [1.82, 2.24) is 10.2 Å². The van der Waals surface area contributed by atoms with Gasteiger partial charge in [-0.1, -0.05) is 38.1 Å². The van der Waals surface area contributed by atoms with E-state index in [-0.39, 0.29) is 0 Å². The van der Waals surface area contributed by atoms with Crippen LogP contribution >= 0.6 is 12.2 Å². The molecular formula is C18H30N3S+. The van der Waals surface area contributed by atoms with Crippen LogP contribution in [-0.2, 0) is 6.54 Å². The predicted octanol–water partition coefficient (Wildman–Crippen LogP) is 1.79. The molecule has 4 heteroatoms. The molecule has 1 aliphatic heterocycles. The topological polar surface area (TPSA) is 19.7 Å². The Morgan fingerprint density at radius 3 is 2.23 bits per heavy atom. The number of nitrogens with zero attached hydrogens (tertiary/aromatic N) is 1. The third-order valence-corrected chi connectivity index (χ3v) is 4.65. The lowest BCUT2D eigenvalue weighted by Gasteiger charge is -2.34. The maximum atomic E-state index is 5.46. The molecular weight excluding hydrogens is 290 g/mol. The van der Waals surface area contributed by atoms with Gasteiger partial charge in [-0.25, -0.2) is 0 Å². The summed E-state index contributed by atoms with van der Waals surface area (Å²) in [5.74, 6) is 0.611. The summed E-state index contributed by atoms with van der Waals surface area (Å²) in [4.78, 5) is 3.96. The first-order chi connectivity index (χ1) is 10.5. The van der Waals surface area contributed by atoms with Crippen molar-refractivity contribution in [3.63, 3.8) is 0 Å². The van der Waals surface area contributed by atoms with E-state index in [0.717, 1.165) is 37.8 Å². The Morgan fingerprint density at radius 2 is 1.73 bits per heavy atom. The van der Waals surface area contributed by atoms with Crippen LogP contribution < -0.4 is 10.2 Å². The number of benzene rings is 1. The lowest BCUT2D eigenvalue weighted by Crippen LogP contribution is -3.13. The molecule has 0 unspecified atom stereocenters. The van der Waals surface area contributed by atoms with Gasteiger partial charge in [-0.15, -0.1) is 0 Å². The molecule has 0 saturated carbocycles. The Kier molecular flexibility index (Phi) is 6.21. The van der Waals surface area contributed by atoms with Crippen molar-refractivity contribution in [2.45, 2.75) is 46.2 Å². The molecule has 0 amide bonds. The van der Waals surface area contributed by atoms with Gasteiger partial charge in [-0.3, -0.25) is 0 Å². The summed E-state index contributed by atoms with van der Waals surface area (Å²) in [7, 11) is 0. The van der Waals surface area contributed by atoms with E-state index >= 15 is 0 Å². The molecule has 1 fully saturated rings. The first-order valence-electron chi connectivity index (χ1n) is 8.43. The molecule has 0 spiro atoms. The first-order valence-corrected chi connectivity index (χ1v) is 8.84. The van der Waals surface area contributed by atoms with Crippen LogP contribution in [0.1, 0.15) is 44.7 Å². The minimum absolute atomic E-state index is 0.414. The van der Waals surface area contributed by atoms with E-state index in [0.29, 0.717) is 12.0 Å². The monoisotopic (exact) mass is 320 g/mol. The van der Waals surface area contributed by atoms with Crippen LogP contribution in [0.25, 0.3) is 0 Å². The Morgan fingerprint density at radius 1 is 1.14 bits per heavy atom. The zero-order valence-electron chi connectivity index (χ0n) is 14.4. The molecule has 0 bridgehead atoms. The van der Waals surface area contributed by atoms with E-state index in [1.165, 1.54) is 11.1 Å². The molecule has 122 valence electrons. The fourth-order valence-electron chi connectivity index (χ4n) is 2.85. The molecule has 1 saturated heterocycles. The molecule has 22 heavy (non-hydrogen) atoms. The van der Waals surface area contributed by atoms with Crippen molar-refractivity contribution in [3.8, 4) is 0 Å². The molecule has 0 radical (unpaired) electrons. The quantitative estimate of drug-likeness (QED) is 0.826. The summed E-state index contributed by atoms with van der Waals surface area (Å²) in [5.41, 5.74) is 2.87. The fraction of sp³-hybridized carbons (Fsp3) is 0.611. The van der Waals surface area contributed by atoms with Crippen molar-refractivity contribution in [1.29, 1.82) is 0 Å². The van der Waals surface area contributed by atoms with Gasteiger partial charge in [0.25, 0.3) is 0 Å². The molecule has 1 aromatic carbocycles. The number of thiocarbonyl (C=S) groups is 1. The number of piperazine rings is 1. The van der Waals surface area contributed by atoms with Crippen molar-refractivity contribution in [3.05, 3.63) is 35.4 Å². The second-order valence-corrected chi connectivity index (χ2v) is 7.30. The number of quaternary nitrogens is 1. The standard InChI is InChI=1S/C18H29N3S/c1-14(2)17-7-5-16(6-8-17)13-20-9-11-21(12-10-20)18(22)19-15(3)4/h5-8,14-15H,9-13H2,1-4H3,(H,19,22)/p+1. The fourth-order valence-corrected chi connectivity index (χ4v) is 3.27. The number of hydrogen-bond acceptors (Lipinski definition) is 1. The minimum Gasteiger partial charge on any atom is -0.360 e. The van der Waals surface area contributed by atoms with Crippen LogP contribution in [0.4, 0.5) is 0 Å². The second kappa shape index (κ2) is 7.93. The van der Waals surface area contributed by atoms with Gasteiger partial charge in [-0.05, 0) is 37.5 Å². The Bertz CT molecular complexity index is 474. The van der Waals surface area contributed by atoms with Crippen LogP contribution in [0.2, 0.25) is 0 Å². The van der Waals surface area contributed by atoms with E-state index in [1.54, 1.807) is 4.90 Å². The average Bonchev–Trinajstić information content (AvgIpc) is 2.48. The van der Waals surface area contributed by atoms with Crippen molar-refractivity contribution in [2.75, 3.05) is 26.2 Å². The highest BCUT2D eigenvalue weighted by molar-refractivity contribution is 7.80. The van der Waals surface area contributed by atoms with Crippen LogP contribution in [0, 0.1) is 0 Å². The van der Waals surface area contributed by atoms with Gasteiger partial charge in [0.2, 0.25) is 0 Å². The zero-order chi connectivity index (χ0) is 16.1. The van der Waals surface area contributed by atoms with Crippen LogP contribution in [0.3, 0.4) is 0 Å². The lowest BCUT2D eigenvalue weighted by molar-refractivity contribution is -0.917. The van der Waals surface area contributed by atoms with Gasteiger partial charge in [0.1, 0.15) is 6.54 Å². The van der Waals surface area contributed by atoms with E-state index < -0.39 is 0 Å². The largest absolute Gasteiger partial charge is 0.360 e. The zero-order valence-corrected chi connectivity index (χ0v) is 15.2. The normalized spacial score (nSPS) is 16.4. The highest BCUT2D eigenvalue weighted by Gasteiger charge is 2.22. The Hall–Kier alpha value is -1.13. The van der Waals surface area contributed by atoms with E-state index in [9.17, 15) is 0 Å². The van der Waals surface area contributed by atoms with Crippen LogP contribution in [0.5, 0.6) is 0 Å². The van der Waals surface area contributed by atoms with Crippen molar-refractivity contribution in [2.24, 2.45) is 0 Å². The smallest absolute Gasteiger partial charge is 0.169 e. The number of nitrogens with one attached hydrogen (secondary N) is 2. The van der Waals surface area contributed by atoms with E-state index in [2.05, 4.69) is 62.2 Å². The summed E-state index contributed by atoms with van der Waals surface area (Å²) in [6.45, 7) is 14.3. The SMILES string of the molecule is CC(C)NC(=S)N1CC[NH+](Cc2ccc(C(C)C)cc2)CC1. The molecule has 2 N–H and O–H groups in total. The van der Waals surface area contributed by atoms with Crippen LogP contribution in [0.15, 0.2) is 24.3 Å². The summed E-state index contributed by atoms with van der Waals surface area (Å²) in [6, 6.07) is 9.55. The molecule has 1 heterocycles. The van der Waals surface area contributed by atoms with E-state index in [1.807, 2.05) is 0 Å². The maximum Gasteiger partial charge on any atom is 0.169 e. The minimum atomic E-state index is 0.414. The van der Waals surface area contributed by atoms with E-state index in [4.69, 9.17) is 12.2 Å². The van der Waals surface area contributed by atoms with Gasteiger partial charge in [0.15, 0.2) is 5.11 Å². The third-order valence-electron chi connectivity index (χ3n) is 4.27. The predicted molar refractivity (Wildman–Crippen MR) is 97.4 cm³/mol. The summed E-state index contributed by atoms with van der Waals surface area (Å²) in [5, 5.41) is 4.25. The van der Waals surface area contributed by atoms with Gasteiger partial charge >= 0.3 is 0 Å². The second-order valence-electron chi connectivity index (χ2n) is 6.91. The summed E-state index contributed by atoms with van der Waals surface area (Å²) < 4.78 is 0. The maximum absolute atomic E-state index is 5.46. The molecule has 3 nitrogen and oxygen atoms in total. The molecule has 2 rings (SSSR count). The van der Waals surface area contributed by atoms with Crippen LogP contribution in [-0.4, -0.2) is 42.2 Å².